The summed E-state index contributed by atoms with van der Waals surface area (Å²) in [4.78, 5) is 12.2. The van der Waals surface area contributed by atoms with E-state index in [1.54, 1.807) is 12.1 Å². The zero-order valence-electron chi connectivity index (χ0n) is 11.4. The standard InChI is InChI=1S/C14H16BrFN4O/c15-9-4-5-11-12(7-9)18-19-13(11)14(21)20(16)8-10-3-1-2-6-17-10/h4-5,7,10,17H,1-3,6,8H2,(H,18,19)/t10-/m0/s1. The number of piperidine rings is 1. The molecule has 0 saturated carbocycles. The van der Waals surface area contributed by atoms with Crippen LogP contribution in [0.25, 0.3) is 10.9 Å². The minimum atomic E-state index is -0.698. The number of H-pyrrole nitrogens is 1. The number of nitrogens with one attached hydrogen (secondary N) is 2. The van der Waals surface area contributed by atoms with Gasteiger partial charge in [0.2, 0.25) is 0 Å². The van der Waals surface area contributed by atoms with Gasteiger partial charge in [-0.3, -0.25) is 9.89 Å². The Bertz CT molecular complexity index is 653. The number of benzene rings is 1. The lowest BCUT2D eigenvalue weighted by molar-refractivity contribution is 0.0125. The fourth-order valence-corrected chi connectivity index (χ4v) is 2.99. The maximum Gasteiger partial charge on any atom is 0.302 e. The van der Waals surface area contributed by atoms with Crippen LogP contribution in [0.3, 0.4) is 0 Å². The molecule has 0 unspecified atom stereocenters. The number of hydrogen-bond donors (Lipinski definition) is 2. The van der Waals surface area contributed by atoms with E-state index in [-0.39, 0.29) is 23.4 Å². The molecule has 2 aromatic rings. The SMILES string of the molecule is O=C(c1n[nH]c2cc(Br)ccc12)N(F)C[C@@H]1CCCCN1. The van der Waals surface area contributed by atoms with Crippen molar-refractivity contribution in [2.75, 3.05) is 13.1 Å². The quantitative estimate of drug-likeness (QED) is 0.833. The van der Waals surface area contributed by atoms with Crippen LogP contribution >= 0.6 is 15.9 Å². The van der Waals surface area contributed by atoms with Gasteiger partial charge >= 0.3 is 5.91 Å². The predicted molar refractivity (Wildman–Crippen MR) is 81.6 cm³/mol. The fourth-order valence-electron chi connectivity index (χ4n) is 2.63. The molecule has 0 spiro atoms. The second-order valence-electron chi connectivity index (χ2n) is 5.26. The van der Waals surface area contributed by atoms with Crippen molar-refractivity contribution in [3.63, 3.8) is 0 Å². The number of amides is 1. The number of carbonyl (C=O) groups excluding carboxylic acids is 1. The van der Waals surface area contributed by atoms with Gasteiger partial charge in [-0.15, -0.1) is 0 Å². The van der Waals surface area contributed by atoms with Gasteiger partial charge < -0.3 is 5.32 Å². The zero-order valence-corrected chi connectivity index (χ0v) is 13.0. The molecule has 2 N–H and O–H groups in total. The molecule has 112 valence electrons. The number of aromatic nitrogens is 2. The maximum atomic E-state index is 14.1. The largest absolute Gasteiger partial charge is 0.312 e. The van der Waals surface area contributed by atoms with Crippen molar-refractivity contribution in [2.24, 2.45) is 0 Å². The van der Waals surface area contributed by atoms with Gasteiger partial charge in [0.25, 0.3) is 0 Å². The van der Waals surface area contributed by atoms with E-state index in [4.69, 9.17) is 0 Å². The van der Waals surface area contributed by atoms with Gasteiger partial charge in [0.1, 0.15) is 0 Å². The van der Waals surface area contributed by atoms with E-state index >= 15 is 0 Å². The third-order valence-corrected chi connectivity index (χ3v) is 4.23. The highest BCUT2D eigenvalue weighted by Gasteiger charge is 2.24. The Labute approximate surface area is 129 Å². The average molecular weight is 355 g/mol. The van der Waals surface area contributed by atoms with Crippen molar-refractivity contribution in [2.45, 2.75) is 25.3 Å². The van der Waals surface area contributed by atoms with Crippen molar-refractivity contribution in [1.82, 2.24) is 20.6 Å². The van der Waals surface area contributed by atoms with Gasteiger partial charge in [-0.2, -0.15) is 10.2 Å². The highest BCUT2D eigenvalue weighted by atomic mass is 79.9. The summed E-state index contributed by atoms with van der Waals surface area (Å²) in [5, 5.41) is 10.8. The molecule has 1 fully saturated rings. The van der Waals surface area contributed by atoms with Crippen molar-refractivity contribution >= 4 is 32.7 Å². The number of rotatable bonds is 3. The monoisotopic (exact) mass is 354 g/mol. The predicted octanol–water partition coefficient (Wildman–Crippen LogP) is 2.79. The Morgan fingerprint density at radius 3 is 3.10 bits per heavy atom. The molecule has 7 heteroatoms. The molecule has 1 atom stereocenters. The van der Waals surface area contributed by atoms with Crippen LogP contribution in [-0.4, -0.2) is 40.4 Å². The average Bonchev–Trinajstić information content (AvgIpc) is 2.90. The minimum Gasteiger partial charge on any atom is -0.312 e. The van der Waals surface area contributed by atoms with Gasteiger partial charge in [0.15, 0.2) is 5.69 Å². The Morgan fingerprint density at radius 2 is 2.33 bits per heavy atom. The molecular formula is C14H16BrFN4O. The van der Waals surface area contributed by atoms with E-state index < -0.39 is 5.91 Å². The summed E-state index contributed by atoms with van der Waals surface area (Å²) in [7, 11) is 0. The Hall–Kier alpha value is -1.47. The summed E-state index contributed by atoms with van der Waals surface area (Å²) in [5.41, 5.74) is 0.827. The van der Waals surface area contributed by atoms with Crippen molar-refractivity contribution < 1.29 is 9.28 Å². The zero-order chi connectivity index (χ0) is 14.8. The summed E-state index contributed by atoms with van der Waals surface area (Å²) in [5.74, 6) is -0.698. The number of halogens is 2. The van der Waals surface area contributed by atoms with Crippen molar-refractivity contribution in [3.05, 3.63) is 28.4 Å². The van der Waals surface area contributed by atoms with E-state index in [0.29, 0.717) is 10.9 Å². The Balaban J connectivity index is 1.76. The molecule has 1 saturated heterocycles. The van der Waals surface area contributed by atoms with Crippen LogP contribution in [0.1, 0.15) is 29.8 Å². The molecule has 21 heavy (non-hydrogen) atoms. The first kappa shape index (κ1) is 14.5. The van der Waals surface area contributed by atoms with E-state index in [1.165, 1.54) is 0 Å². The number of fused-ring (bicyclic) bond motifs is 1. The molecule has 0 radical (unpaired) electrons. The highest BCUT2D eigenvalue weighted by Crippen LogP contribution is 2.22. The van der Waals surface area contributed by atoms with Crippen LogP contribution in [-0.2, 0) is 0 Å². The third-order valence-electron chi connectivity index (χ3n) is 3.74. The van der Waals surface area contributed by atoms with E-state index in [0.717, 1.165) is 30.3 Å². The second-order valence-corrected chi connectivity index (χ2v) is 6.17. The third kappa shape index (κ3) is 3.08. The van der Waals surface area contributed by atoms with E-state index in [9.17, 15) is 9.28 Å². The first-order valence-electron chi connectivity index (χ1n) is 7.00. The molecule has 5 nitrogen and oxygen atoms in total. The maximum absolute atomic E-state index is 14.1. The van der Waals surface area contributed by atoms with Crippen LogP contribution in [0.5, 0.6) is 0 Å². The van der Waals surface area contributed by atoms with Gasteiger partial charge in [0.05, 0.1) is 12.1 Å². The first-order chi connectivity index (χ1) is 10.1. The number of carbonyl (C=O) groups is 1. The highest BCUT2D eigenvalue weighted by molar-refractivity contribution is 9.10. The summed E-state index contributed by atoms with van der Waals surface area (Å²) < 4.78 is 15.0. The minimum absolute atomic E-state index is 0.0204. The summed E-state index contributed by atoms with van der Waals surface area (Å²) in [6.07, 6.45) is 3.07. The molecule has 0 aliphatic carbocycles. The normalized spacial score (nSPS) is 18.9. The molecule has 1 aliphatic heterocycles. The Kier molecular flexibility index (Phi) is 4.21. The van der Waals surface area contributed by atoms with Crippen molar-refractivity contribution in [1.29, 1.82) is 0 Å². The van der Waals surface area contributed by atoms with Crippen LogP contribution < -0.4 is 5.32 Å². The number of aromatic amines is 1. The molecule has 2 heterocycles. The lowest BCUT2D eigenvalue weighted by Crippen LogP contribution is -2.43. The Morgan fingerprint density at radius 1 is 1.48 bits per heavy atom. The van der Waals surface area contributed by atoms with Crippen LogP contribution in [0, 0.1) is 0 Å². The van der Waals surface area contributed by atoms with E-state index in [1.807, 2.05) is 6.07 Å². The molecule has 3 rings (SSSR count). The first-order valence-corrected chi connectivity index (χ1v) is 7.79. The molecule has 0 bridgehead atoms. The van der Waals surface area contributed by atoms with Crippen LogP contribution in [0.2, 0.25) is 0 Å². The molecule has 1 aromatic carbocycles. The van der Waals surface area contributed by atoms with Crippen LogP contribution in [0.4, 0.5) is 4.48 Å². The smallest absolute Gasteiger partial charge is 0.302 e. The molecule has 1 aliphatic rings. The topological polar surface area (TPSA) is 61.0 Å². The van der Waals surface area contributed by atoms with Gasteiger partial charge in [0, 0.05) is 15.9 Å². The second kappa shape index (κ2) is 6.11. The van der Waals surface area contributed by atoms with E-state index in [2.05, 4.69) is 31.4 Å². The molecule has 1 amide bonds. The summed E-state index contributed by atoms with van der Waals surface area (Å²) in [6, 6.07) is 5.39. The van der Waals surface area contributed by atoms with Gasteiger partial charge in [-0.05, 0) is 37.6 Å². The van der Waals surface area contributed by atoms with Crippen molar-refractivity contribution in [3.8, 4) is 0 Å². The number of hydrogen-bond acceptors (Lipinski definition) is 3. The van der Waals surface area contributed by atoms with Gasteiger partial charge in [-0.25, -0.2) is 0 Å². The molecule has 1 aromatic heterocycles. The van der Waals surface area contributed by atoms with Crippen LogP contribution in [0.15, 0.2) is 22.7 Å². The molecular weight excluding hydrogens is 339 g/mol. The van der Waals surface area contributed by atoms with Gasteiger partial charge in [-0.1, -0.05) is 26.8 Å². The lowest BCUT2D eigenvalue weighted by Gasteiger charge is -2.25. The number of nitrogens with zero attached hydrogens (tertiary/aromatic N) is 2. The summed E-state index contributed by atoms with van der Waals surface area (Å²) >= 11 is 3.35. The lowest BCUT2D eigenvalue weighted by atomic mass is 10.1. The summed E-state index contributed by atoms with van der Waals surface area (Å²) in [6.45, 7) is 0.940. The fraction of sp³-hybridized carbons (Fsp3) is 0.429.